The second kappa shape index (κ2) is 6.88. The number of nitro groups is 1. The first-order valence-corrected chi connectivity index (χ1v) is 5.53. The molecule has 0 bridgehead atoms. The Morgan fingerprint density at radius 1 is 1.39 bits per heavy atom. The Labute approximate surface area is 106 Å². The maximum atomic E-state index is 10.9. The molecule has 1 rings (SSSR count). The minimum Gasteiger partial charge on any atom is -0.352 e. The summed E-state index contributed by atoms with van der Waals surface area (Å²) in [4.78, 5) is 10.5. The average molecular weight is 251 g/mol. The number of para-hydroxylation sites is 1. The average Bonchev–Trinajstić information content (AvgIpc) is 2.36. The summed E-state index contributed by atoms with van der Waals surface area (Å²) < 4.78 is 10.1. The van der Waals surface area contributed by atoms with Crippen molar-refractivity contribution >= 4 is 5.69 Å². The lowest BCUT2D eigenvalue weighted by Gasteiger charge is -2.10. The highest BCUT2D eigenvalue weighted by molar-refractivity contribution is 5.41. The Morgan fingerprint density at radius 2 is 2.00 bits per heavy atom. The summed E-state index contributed by atoms with van der Waals surface area (Å²) in [5.74, 6) is 0. The lowest BCUT2D eigenvalue weighted by molar-refractivity contribution is -0.385. The molecule has 0 fully saturated rings. The summed E-state index contributed by atoms with van der Waals surface area (Å²) in [5, 5.41) is 10.9. The van der Waals surface area contributed by atoms with Crippen molar-refractivity contribution in [1.82, 2.24) is 0 Å². The van der Waals surface area contributed by atoms with Gasteiger partial charge in [0.05, 0.1) is 4.92 Å². The molecule has 0 aliphatic carbocycles. The minimum absolute atomic E-state index is 0.136. The molecule has 0 saturated heterocycles. The Morgan fingerprint density at radius 3 is 2.56 bits per heavy atom. The lowest BCUT2D eigenvalue weighted by atomic mass is 10.0. The van der Waals surface area contributed by atoms with Crippen LogP contribution < -0.4 is 0 Å². The summed E-state index contributed by atoms with van der Waals surface area (Å²) in [5.41, 5.74) is 1.77. The zero-order chi connectivity index (χ0) is 13.5. The number of hydrogen-bond acceptors (Lipinski definition) is 4. The Bertz CT molecular complexity index is 438. The molecule has 98 valence electrons. The number of rotatable bonds is 6. The van der Waals surface area contributed by atoms with Crippen LogP contribution in [-0.2, 0) is 15.9 Å². The molecule has 0 aromatic heterocycles. The molecule has 0 amide bonds. The van der Waals surface area contributed by atoms with Gasteiger partial charge in [-0.2, -0.15) is 0 Å². The highest BCUT2D eigenvalue weighted by atomic mass is 16.7. The fourth-order valence-corrected chi connectivity index (χ4v) is 1.66. The van der Waals surface area contributed by atoms with E-state index in [1.807, 2.05) is 6.92 Å². The standard InChI is InChI=1S/C13H17NO4/c1-10(9-13(17-2)18-3)8-11-6-4-5-7-12(11)14(15)16/h4-7,9,13H,8H2,1-3H3/b10-9+. The van der Waals surface area contributed by atoms with Crippen LogP contribution in [0.3, 0.4) is 0 Å². The molecule has 0 N–H and O–H groups in total. The van der Waals surface area contributed by atoms with Crippen molar-refractivity contribution < 1.29 is 14.4 Å². The van der Waals surface area contributed by atoms with Crippen molar-refractivity contribution in [1.29, 1.82) is 0 Å². The fourth-order valence-electron chi connectivity index (χ4n) is 1.66. The molecular formula is C13H17NO4. The molecule has 5 nitrogen and oxygen atoms in total. The van der Waals surface area contributed by atoms with Crippen LogP contribution in [0.4, 0.5) is 5.69 Å². The van der Waals surface area contributed by atoms with E-state index in [0.29, 0.717) is 12.0 Å². The van der Waals surface area contributed by atoms with Crippen LogP contribution in [0.15, 0.2) is 35.9 Å². The molecule has 0 heterocycles. The first kappa shape index (κ1) is 14.3. The van der Waals surface area contributed by atoms with Gasteiger partial charge in [0.1, 0.15) is 0 Å². The van der Waals surface area contributed by atoms with Gasteiger partial charge in [-0.15, -0.1) is 0 Å². The van der Waals surface area contributed by atoms with Crippen LogP contribution in [0, 0.1) is 10.1 Å². The molecule has 0 aliphatic rings. The lowest BCUT2D eigenvalue weighted by Crippen LogP contribution is -2.10. The van der Waals surface area contributed by atoms with E-state index in [2.05, 4.69) is 0 Å². The third-order valence-electron chi connectivity index (χ3n) is 2.54. The van der Waals surface area contributed by atoms with Crippen molar-refractivity contribution in [3.63, 3.8) is 0 Å². The van der Waals surface area contributed by atoms with Crippen LogP contribution >= 0.6 is 0 Å². The molecule has 0 radical (unpaired) electrons. The number of nitro benzene ring substituents is 1. The number of hydrogen-bond donors (Lipinski definition) is 0. The van der Waals surface area contributed by atoms with Crippen molar-refractivity contribution in [2.75, 3.05) is 14.2 Å². The molecule has 1 aromatic carbocycles. The highest BCUT2D eigenvalue weighted by Crippen LogP contribution is 2.21. The topological polar surface area (TPSA) is 61.6 Å². The zero-order valence-electron chi connectivity index (χ0n) is 10.8. The van der Waals surface area contributed by atoms with Gasteiger partial charge in [-0.05, 0) is 19.4 Å². The molecule has 0 spiro atoms. The van der Waals surface area contributed by atoms with Crippen molar-refractivity contribution in [2.24, 2.45) is 0 Å². The number of methoxy groups -OCH3 is 2. The quantitative estimate of drug-likeness (QED) is 0.337. The summed E-state index contributed by atoms with van der Waals surface area (Å²) in [6.45, 7) is 1.89. The molecular weight excluding hydrogens is 234 g/mol. The number of nitrogens with zero attached hydrogens (tertiary/aromatic N) is 1. The van der Waals surface area contributed by atoms with E-state index in [-0.39, 0.29) is 10.6 Å². The molecule has 0 saturated carbocycles. The highest BCUT2D eigenvalue weighted by Gasteiger charge is 2.12. The summed E-state index contributed by atoms with van der Waals surface area (Å²) in [7, 11) is 3.09. The van der Waals surface area contributed by atoms with Crippen molar-refractivity contribution in [3.05, 3.63) is 51.6 Å². The van der Waals surface area contributed by atoms with Gasteiger partial charge in [0.15, 0.2) is 6.29 Å². The molecule has 5 heteroatoms. The fraction of sp³-hybridized carbons (Fsp3) is 0.385. The van der Waals surface area contributed by atoms with Gasteiger partial charge in [-0.3, -0.25) is 10.1 Å². The summed E-state index contributed by atoms with van der Waals surface area (Å²) >= 11 is 0. The van der Waals surface area contributed by atoms with Crippen molar-refractivity contribution in [2.45, 2.75) is 19.6 Å². The van der Waals surface area contributed by atoms with E-state index in [1.54, 1.807) is 38.5 Å². The molecule has 0 atom stereocenters. The Balaban J connectivity index is 2.87. The van der Waals surface area contributed by atoms with Gasteiger partial charge in [-0.1, -0.05) is 23.8 Å². The number of benzene rings is 1. The number of ether oxygens (including phenoxy) is 2. The van der Waals surface area contributed by atoms with Gasteiger partial charge < -0.3 is 9.47 Å². The second-order valence-electron chi connectivity index (χ2n) is 3.92. The molecule has 0 unspecified atom stereocenters. The molecule has 18 heavy (non-hydrogen) atoms. The van der Waals surface area contributed by atoms with Crippen LogP contribution in [-0.4, -0.2) is 25.4 Å². The second-order valence-corrected chi connectivity index (χ2v) is 3.92. The minimum atomic E-state index is -0.423. The van der Waals surface area contributed by atoms with Crippen LogP contribution in [0.2, 0.25) is 0 Å². The Hall–Kier alpha value is -1.72. The maximum Gasteiger partial charge on any atom is 0.272 e. The van der Waals surface area contributed by atoms with E-state index in [1.165, 1.54) is 6.07 Å². The Kier molecular flexibility index (Phi) is 5.48. The summed E-state index contributed by atoms with van der Waals surface area (Å²) in [6, 6.07) is 6.71. The van der Waals surface area contributed by atoms with Gasteiger partial charge >= 0.3 is 0 Å². The normalized spacial score (nSPS) is 11.9. The van der Waals surface area contributed by atoms with E-state index >= 15 is 0 Å². The van der Waals surface area contributed by atoms with E-state index in [4.69, 9.17) is 9.47 Å². The zero-order valence-corrected chi connectivity index (χ0v) is 10.8. The number of allylic oxidation sites excluding steroid dienone is 1. The van der Waals surface area contributed by atoms with Gasteiger partial charge in [0.2, 0.25) is 0 Å². The third kappa shape index (κ3) is 3.94. The van der Waals surface area contributed by atoms with Gasteiger partial charge in [-0.25, -0.2) is 0 Å². The molecule has 0 aliphatic heterocycles. The van der Waals surface area contributed by atoms with E-state index < -0.39 is 6.29 Å². The third-order valence-corrected chi connectivity index (χ3v) is 2.54. The SMILES string of the molecule is COC(/C=C(\C)Cc1ccccc1[N+](=O)[O-])OC. The van der Waals surface area contributed by atoms with Crippen LogP contribution in [0.25, 0.3) is 0 Å². The monoisotopic (exact) mass is 251 g/mol. The van der Waals surface area contributed by atoms with Gasteiger partial charge in [0.25, 0.3) is 5.69 Å². The predicted molar refractivity (Wildman–Crippen MR) is 68.4 cm³/mol. The van der Waals surface area contributed by atoms with Gasteiger partial charge in [0, 0.05) is 25.8 Å². The molecule has 1 aromatic rings. The maximum absolute atomic E-state index is 10.9. The smallest absolute Gasteiger partial charge is 0.272 e. The van der Waals surface area contributed by atoms with Crippen LogP contribution in [0.1, 0.15) is 12.5 Å². The largest absolute Gasteiger partial charge is 0.352 e. The van der Waals surface area contributed by atoms with Crippen molar-refractivity contribution in [3.8, 4) is 0 Å². The predicted octanol–water partition coefficient (Wildman–Crippen LogP) is 2.70. The summed E-state index contributed by atoms with van der Waals surface area (Å²) in [6.07, 6.45) is 1.88. The van der Waals surface area contributed by atoms with Crippen LogP contribution in [0.5, 0.6) is 0 Å². The first-order valence-electron chi connectivity index (χ1n) is 5.53. The van der Waals surface area contributed by atoms with E-state index in [9.17, 15) is 10.1 Å². The first-order chi connectivity index (χ1) is 8.58. The van der Waals surface area contributed by atoms with E-state index in [0.717, 1.165) is 5.57 Å².